The molecule has 0 heterocycles. The van der Waals surface area contributed by atoms with E-state index >= 15 is 0 Å². The van der Waals surface area contributed by atoms with E-state index in [2.05, 4.69) is 10.1 Å². The maximum Gasteiger partial charge on any atom is 0.353 e. The Kier molecular flexibility index (Phi) is 4.78. The second-order valence-electron chi connectivity index (χ2n) is 2.00. The van der Waals surface area contributed by atoms with E-state index in [9.17, 15) is 9.59 Å². The number of nitrogens with two attached hydrogens (primary N) is 2. The zero-order valence-electron chi connectivity index (χ0n) is 7.11. The molecule has 6 heteroatoms. The molecule has 13 heavy (non-hydrogen) atoms. The molecular weight excluding hydrogens is 174 g/mol. The lowest BCUT2D eigenvalue weighted by atomic mass is 10.4. The van der Waals surface area contributed by atoms with Gasteiger partial charge in [-0.2, -0.15) is 0 Å². The number of methoxy groups -OCH3 is 1. The van der Waals surface area contributed by atoms with Crippen molar-refractivity contribution in [3.63, 3.8) is 0 Å². The monoisotopic (exact) mass is 185 g/mol. The van der Waals surface area contributed by atoms with Crippen molar-refractivity contribution in [2.75, 3.05) is 7.11 Å². The lowest BCUT2D eigenvalue weighted by molar-refractivity contribution is -0.136. The molecule has 0 aromatic rings. The molecule has 5 N–H and O–H groups in total. The van der Waals surface area contributed by atoms with E-state index in [0.717, 1.165) is 0 Å². The Bertz CT molecular complexity index is 258. The van der Waals surface area contributed by atoms with Gasteiger partial charge in [-0.15, -0.1) is 0 Å². The van der Waals surface area contributed by atoms with Crippen LogP contribution in [0.4, 0.5) is 0 Å². The third-order valence-corrected chi connectivity index (χ3v) is 1.09. The van der Waals surface area contributed by atoms with E-state index in [0.29, 0.717) is 6.41 Å². The van der Waals surface area contributed by atoms with Crippen LogP contribution in [-0.4, -0.2) is 19.5 Å². The van der Waals surface area contributed by atoms with Crippen molar-refractivity contribution >= 4 is 12.4 Å². The fourth-order valence-corrected chi connectivity index (χ4v) is 0.482. The molecular formula is C7H11N3O3. The van der Waals surface area contributed by atoms with Gasteiger partial charge in [0.15, 0.2) is 0 Å². The first-order valence-electron chi connectivity index (χ1n) is 3.33. The summed E-state index contributed by atoms with van der Waals surface area (Å²) in [6, 6.07) is 0. The molecule has 1 amide bonds. The second-order valence-corrected chi connectivity index (χ2v) is 2.00. The minimum Gasteiger partial charge on any atom is -0.464 e. The second kappa shape index (κ2) is 5.64. The molecule has 6 nitrogen and oxygen atoms in total. The summed E-state index contributed by atoms with van der Waals surface area (Å²) in [5.41, 5.74) is 10.4. The van der Waals surface area contributed by atoms with Crippen LogP contribution in [0.1, 0.15) is 0 Å². The maximum absolute atomic E-state index is 10.7. The van der Waals surface area contributed by atoms with Gasteiger partial charge < -0.3 is 21.5 Å². The Morgan fingerprint density at radius 3 is 2.46 bits per heavy atom. The van der Waals surface area contributed by atoms with Crippen LogP contribution in [0, 0.1) is 0 Å². The number of nitrogens with one attached hydrogen (secondary N) is 1. The molecule has 0 saturated heterocycles. The first-order valence-corrected chi connectivity index (χ1v) is 3.33. The average Bonchev–Trinajstić information content (AvgIpc) is 2.13. The summed E-state index contributed by atoms with van der Waals surface area (Å²) in [6.45, 7) is 0. The Morgan fingerprint density at radius 2 is 2.00 bits per heavy atom. The van der Waals surface area contributed by atoms with Crippen molar-refractivity contribution in [3.05, 3.63) is 23.7 Å². The summed E-state index contributed by atoms with van der Waals surface area (Å²) >= 11 is 0. The van der Waals surface area contributed by atoms with E-state index in [1.807, 2.05) is 0 Å². The van der Waals surface area contributed by atoms with E-state index in [-0.39, 0.29) is 11.5 Å². The van der Waals surface area contributed by atoms with Gasteiger partial charge in [-0.3, -0.25) is 4.79 Å². The molecule has 0 aromatic carbocycles. The SMILES string of the molecule is COC(=O)/C(N)=C/C=C(\N)NC=O. The van der Waals surface area contributed by atoms with Crippen molar-refractivity contribution in [2.24, 2.45) is 11.5 Å². The first kappa shape index (κ1) is 11.0. The van der Waals surface area contributed by atoms with Gasteiger partial charge in [0, 0.05) is 0 Å². The van der Waals surface area contributed by atoms with Crippen molar-refractivity contribution in [2.45, 2.75) is 0 Å². The maximum atomic E-state index is 10.7. The van der Waals surface area contributed by atoms with Crippen LogP contribution in [0.5, 0.6) is 0 Å². The Morgan fingerprint density at radius 1 is 1.38 bits per heavy atom. The fourth-order valence-electron chi connectivity index (χ4n) is 0.482. The summed E-state index contributed by atoms with van der Waals surface area (Å²) in [7, 11) is 1.21. The third-order valence-electron chi connectivity index (χ3n) is 1.09. The van der Waals surface area contributed by atoms with Crippen LogP contribution >= 0.6 is 0 Å². The minimum absolute atomic E-state index is 0.0850. The number of hydrogen-bond acceptors (Lipinski definition) is 5. The molecule has 0 saturated carbocycles. The van der Waals surface area contributed by atoms with Gasteiger partial charge in [0.05, 0.1) is 7.11 Å². The van der Waals surface area contributed by atoms with Crippen LogP contribution < -0.4 is 16.8 Å². The van der Waals surface area contributed by atoms with Crippen LogP contribution in [-0.2, 0) is 14.3 Å². The molecule has 0 unspecified atom stereocenters. The lowest BCUT2D eigenvalue weighted by Gasteiger charge is -1.97. The van der Waals surface area contributed by atoms with E-state index in [1.54, 1.807) is 0 Å². The number of rotatable bonds is 4. The van der Waals surface area contributed by atoms with E-state index in [1.165, 1.54) is 19.3 Å². The molecule has 0 atom stereocenters. The average molecular weight is 185 g/mol. The number of ether oxygens (including phenoxy) is 1. The molecule has 0 fully saturated rings. The van der Waals surface area contributed by atoms with Crippen molar-refractivity contribution in [3.8, 4) is 0 Å². The van der Waals surface area contributed by atoms with Crippen LogP contribution in [0.15, 0.2) is 23.7 Å². The Balaban J connectivity index is 4.31. The highest BCUT2D eigenvalue weighted by Crippen LogP contribution is 1.89. The third kappa shape index (κ3) is 4.46. The largest absolute Gasteiger partial charge is 0.464 e. The summed E-state index contributed by atoms with van der Waals surface area (Å²) < 4.78 is 4.31. The van der Waals surface area contributed by atoms with E-state index in [4.69, 9.17) is 11.5 Å². The molecule has 0 radical (unpaired) electrons. The highest BCUT2D eigenvalue weighted by Gasteiger charge is 2.01. The predicted molar refractivity (Wildman–Crippen MR) is 45.8 cm³/mol. The van der Waals surface area contributed by atoms with Crippen molar-refractivity contribution in [1.29, 1.82) is 0 Å². The van der Waals surface area contributed by atoms with Crippen LogP contribution in [0.2, 0.25) is 0 Å². The molecule has 0 rings (SSSR count). The van der Waals surface area contributed by atoms with Gasteiger partial charge >= 0.3 is 5.97 Å². The Hall–Kier alpha value is -1.98. The summed E-state index contributed by atoms with van der Waals surface area (Å²) in [5, 5.41) is 2.16. The molecule has 0 aliphatic rings. The fraction of sp³-hybridized carbons (Fsp3) is 0.143. The molecule has 0 aliphatic carbocycles. The number of hydrogen-bond donors (Lipinski definition) is 3. The molecule has 0 spiro atoms. The molecule has 0 aromatic heterocycles. The zero-order valence-corrected chi connectivity index (χ0v) is 7.11. The number of esters is 1. The normalized spacial score (nSPS) is 12.1. The van der Waals surface area contributed by atoms with E-state index < -0.39 is 5.97 Å². The highest BCUT2D eigenvalue weighted by atomic mass is 16.5. The zero-order chi connectivity index (χ0) is 10.3. The van der Waals surface area contributed by atoms with Gasteiger partial charge in [-0.1, -0.05) is 0 Å². The molecule has 0 bridgehead atoms. The van der Waals surface area contributed by atoms with Crippen LogP contribution in [0.3, 0.4) is 0 Å². The van der Waals surface area contributed by atoms with Gasteiger partial charge in [-0.25, -0.2) is 4.79 Å². The number of amides is 1. The topological polar surface area (TPSA) is 107 Å². The first-order chi connectivity index (χ1) is 6.11. The number of allylic oxidation sites excluding steroid dienone is 2. The Labute approximate surface area is 75.2 Å². The standard InChI is InChI=1S/C7H11N3O3/c1-13-7(12)5(8)2-3-6(9)10-4-11/h2-4H,8-9H2,1H3,(H,10,11)/b5-2-,6-3+. The lowest BCUT2D eigenvalue weighted by Crippen LogP contribution is -2.18. The number of carbonyl (C=O) groups is 2. The summed E-state index contributed by atoms with van der Waals surface area (Å²) in [6.07, 6.45) is 2.92. The molecule has 0 aliphatic heterocycles. The molecule has 72 valence electrons. The predicted octanol–water partition coefficient (Wildman–Crippen LogP) is -1.45. The van der Waals surface area contributed by atoms with Gasteiger partial charge in [0.1, 0.15) is 11.5 Å². The minimum atomic E-state index is -0.657. The number of carbonyl (C=O) groups excluding carboxylic acids is 2. The van der Waals surface area contributed by atoms with Gasteiger partial charge in [0.25, 0.3) is 0 Å². The van der Waals surface area contributed by atoms with Gasteiger partial charge in [-0.05, 0) is 12.2 Å². The quantitative estimate of drug-likeness (QED) is 0.215. The van der Waals surface area contributed by atoms with Gasteiger partial charge in [0.2, 0.25) is 6.41 Å². The van der Waals surface area contributed by atoms with Crippen molar-refractivity contribution < 1.29 is 14.3 Å². The summed E-state index contributed by atoms with van der Waals surface area (Å²) in [5.74, 6) is -0.572. The smallest absolute Gasteiger partial charge is 0.353 e. The van der Waals surface area contributed by atoms with Crippen molar-refractivity contribution in [1.82, 2.24) is 5.32 Å². The highest BCUT2D eigenvalue weighted by molar-refractivity contribution is 5.87. The summed E-state index contributed by atoms with van der Waals surface area (Å²) in [4.78, 5) is 20.6. The van der Waals surface area contributed by atoms with Crippen LogP contribution in [0.25, 0.3) is 0 Å².